The number of methoxy groups -OCH3 is 1. The van der Waals surface area contributed by atoms with Crippen molar-refractivity contribution in [3.8, 4) is 17.0 Å². The molecule has 1 saturated carbocycles. The summed E-state index contributed by atoms with van der Waals surface area (Å²) in [5.74, 6) is 1.63. The molecule has 6 nitrogen and oxygen atoms in total. The Morgan fingerprint density at radius 3 is 2.73 bits per heavy atom. The zero-order valence-electron chi connectivity index (χ0n) is 23.4. The maximum Gasteiger partial charge on any atom is 0.337 e. The topological polar surface area (TPSA) is 56.6 Å². The van der Waals surface area contributed by atoms with Gasteiger partial charge in [0.25, 0.3) is 0 Å². The van der Waals surface area contributed by atoms with Gasteiger partial charge in [-0.05, 0) is 92.2 Å². The fourth-order valence-electron chi connectivity index (χ4n) is 7.59. The number of fused-ring (bicyclic) bond motifs is 7. The molecule has 2 atom stereocenters. The van der Waals surface area contributed by atoms with Gasteiger partial charge in [-0.1, -0.05) is 31.4 Å². The highest BCUT2D eigenvalue weighted by Crippen LogP contribution is 2.51. The van der Waals surface area contributed by atoms with Crippen molar-refractivity contribution in [1.29, 1.82) is 0 Å². The fraction of sp³-hybridized carbons (Fsp3) is 0.412. The third-order valence-corrected chi connectivity index (χ3v) is 9.45. The monoisotopic (exact) mass is 535 g/mol. The molecule has 4 aromatic rings. The Bertz CT molecular complexity index is 1550. The Hall–Kier alpha value is -3.64. The summed E-state index contributed by atoms with van der Waals surface area (Å²) in [5, 5.41) is 1.29. The van der Waals surface area contributed by atoms with E-state index in [1.807, 2.05) is 18.3 Å². The summed E-state index contributed by atoms with van der Waals surface area (Å²) in [6, 6.07) is 17.2. The largest absolute Gasteiger partial charge is 0.489 e. The lowest BCUT2D eigenvalue weighted by molar-refractivity contribution is 0.0601. The van der Waals surface area contributed by atoms with Crippen molar-refractivity contribution < 1.29 is 14.3 Å². The number of likely N-dealkylation sites (tertiary alicyclic amines) is 1. The van der Waals surface area contributed by atoms with Crippen molar-refractivity contribution in [2.75, 3.05) is 20.7 Å². The van der Waals surface area contributed by atoms with Crippen LogP contribution in [-0.2, 0) is 17.9 Å². The van der Waals surface area contributed by atoms with Gasteiger partial charge in [0, 0.05) is 47.0 Å². The lowest BCUT2D eigenvalue weighted by atomic mass is 9.81. The van der Waals surface area contributed by atoms with Crippen molar-refractivity contribution in [2.24, 2.45) is 5.92 Å². The summed E-state index contributed by atoms with van der Waals surface area (Å²) < 4.78 is 14.0. The number of pyridine rings is 1. The fourth-order valence-corrected chi connectivity index (χ4v) is 7.59. The van der Waals surface area contributed by atoms with Crippen LogP contribution in [0.4, 0.5) is 0 Å². The summed E-state index contributed by atoms with van der Waals surface area (Å²) in [6.07, 6.45) is 11.1. The molecule has 0 spiro atoms. The highest BCUT2D eigenvalue weighted by Gasteiger charge is 2.40. The van der Waals surface area contributed by atoms with Crippen molar-refractivity contribution in [3.05, 3.63) is 83.2 Å². The molecular formula is C34H37N3O3. The summed E-state index contributed by atoms with van der Waals surface area (Å²) in [5.41, 5.74) is 8.34. The highest BCUT2D eigenvalue weighted by atomic mass is 16.5. The third kappa shape index (κ3) is 4.29. The molecule has 40 heavy (non-hydrogen) atoms. The van der Waals surface area contributed by atoms with Gasteiger partial charge in [-0.15, -0.1) is 0 Å². The lowest BCUT2D eigenvalue weighted by Gasteiger charge is -2.26. The number of carbonyl (C=O) groups is 1. The first kappa shape index (κ1) is 25.3. The van der Waals surface area contributed by atoms with Crippen molar-refractivity contribution in [2.45, 2.75) is 63.6 Å². The number of ether oxygens (including phenoxy) is 2. The predicted molar refractivity (Wildman–Crippen MR) is 157 cm³/mol. The maximum absolute atomic E-state index is 12.6. The van der Waals surface area contributed by atoms with Gasteiger partial charge in [0.2, 0.25) is 0 Å². The molecule has 1 aliphatic carbocycles. The van der Waals surface area contributed by atoms with E-state index in [2.05, 4.69) is 57.9 Å². The lowest BCUT2D eigenvalue weighted by Crippen LogP contribution is -2.22. The molecule has 206 valence electrons. The van der Waals surface area contributed by atoms with Crippen molar-refractivity contribution in [1.82, 2.24) is 14.5 Å². The average molecular weight is 536 g/mol. The Morgan fingerprint density at radius 1 is 1.05 bits per heavy atom. The van der Waals surface area contributed by atoms with Gasteiger partial charge in [-0.3, -0.25) is 9.88 Å². The number of rotatable bonds is 5. The average Bonchev–Trinajstić information content (AvgIpc) is 3.48. The van der Waals surface area contributed by atoms with E-state index in [0.29, 0.717) is 30.0 Å². The van der Waals surface area contributed by atoms with Crippen LogP contribution in [0.2, 0.25) is 0 Å². The van der Waals surface area contributed by atoms with Gasteiger partial charge in [-0.25, -0.2) is 4.79 Å². The number of nitrogens with zero attached hydrogens (tertiary/aromatic N) is 3. The van der Waals surface area contributed by atoms with Crippen LogP contribution in [0.5, 0.6) is 5.75 Å². The quantitative estimate of drug-likeness (QED) is 0.255. The zero-order valence-corrected chi connectivity index (χ0v) is 23.4. The molecule has 3 aliphatic rings. The Morgan fingerprint density at radius 2 is 1.93 bits per heavy atom. The van der Waals surface area contributed by atoms with Gasteiger partial charge in [0.15, 0.2) is 0 Å². The van der Waals surface area contributed by atoms with E-state index in [4.69, 9.17) is 9.47 Å². The van der Waals surface area contributed by atoms with Crippen LogP contribution in [0.3, 0.4) is 0 Å². The van der Waals surface area contributed by atoms with E-state index in [0.717, 1.165) is 36.3 Å². The molecule has 0 radical (unpaired) electrons. The Kier molecular flexibility index (Phi) is 6.59. The van der Waals surface area contributed by atoms with Crippen LogP contribution in [-0.4, -0.2) is 41.1 Å². The van der Waals surface area contributed by atoms with Crippen molar-refractivity contribution in [3.63, 3.8) is 0 Å². The van der Waals surface area contributed by atoms with Gasteiger partial charge >= 0.3 is 5.97 Å². The molecule has 1 saturated heterocycles. The van der Waals surface area contributed by atoms with E-state index in [-0.39, 0.29) is 5.97 Å². The van der Waals surface area contributed by atoms with Crippen LogP contribution < -0.4 is 4.74 Å². The first-order chi connectivity index (χ1) is 19.6. The number of benzene rings is 2. The molecule has 6 heteroatoms. The summed E-state index contributed by atoms with van der Waals surface area (Å²) in [6.45, 7) is 2.52. The van der Waals surface area contributed by atoms with E-state index in [1.54, 1.807) is 6.20 Å². The first-order valence-electron chi connectivity index (χ1n) is 14.7. The van der Waals surface area contributed by atoms with Crippen LogP contribution in [0.1, 0.15) is 77.5 Å². The van der Waals surface area contributed by atoms with Gasteiger partial charge < -0.3 is 14.0 Å². The zero-order chi connectivity index (χ0) is 27.2. The molecule has 0 N–H and O–H groups in total. The summed E-state index contributed by atoms with van der Waals surface area (Å²) in [7, 11) is 3.72. The normalized spacial score (nSPS) is 20.9. The van der Waals surface area contributed by atoms with Gasteiger partial charge in [0.1, 0.15) is 12.4 Å². The Labute approximate surface area is 235 Å². The molecule has 0 bridgehead atoms. The van der Waals surface area contributed by atoms with Crippen LogP contribution >= 0.6 is 0 Å². The molecule has 0 unspecified atom stereocenters. The molecule has 2 fully saturated rings. The molecule has 7 rings (SSSR count). The van der Waals surface area contributed by atoms with Crippen LogP contribution in [0.15, 0.2) is 60.9 Å². The van der Waals surface area contributed by atoms with E-state index < -0.39 is 0 Å². The molecule has 2 aromatic heterocycles. The van der Waals surface area contributed by atoms with Crippen LogP contribution in [0.25, 0.3) is 22.2 Å². The van der Waals surface area contributed by atoms with E-state index in [1.165, 1.54) is 67.0 Å². The summed E-state index contributed by atoms with van der Waals surface area (Å²) in [4.78, 5) is 19.3. The number of hydrogen-bond donors (Lipinski definition) is 0. The number of esters is 1. The molecular weight excluding hydrogens is 498 g/mol. The molecule has 0 amide bonds. The number of aromatic nitrogens is 2. The molecule has 2 aliphatic heterocycles. The van der Waals surface area contributed by atoms with Crippen LogP contribution in [0, 0.1) is 5.92 Å². The smallest absolute Gasteiger partial charge is 0.337 e. The predicted octanol–water partition coefficient (Wildman–Crippen LogP) is 7.12. The first-order valence-corrected chi connectivity index (χ1v) is 14.7. The second kappa shape index (κ2) is 10.4. The standard InChI is InChI=1S/C34H37N3O3/c1-36-16-14-25-20-37-30-17-24(34(38)39-2)10-12-28(30)31(23-8-4-3-5-9-23)33(37)27-13-11-26(18-29(27)32(25)36)40-21-22-7-6-15-35-19-22/h6-7,10-13,15,17-19,23,25,32H,3-5,8-9,14,16,20-21H2,1-2H3/t25-,32-/m0/s1. The minimum Gasteiger partial charge on any atom is -0.489 e. The van der Waals surface area contributed by atoms with Gasteiger partial charge in [0.05, 0.1) is 18.4 Å². The minimum atomic E-state index is -0.278. The second-order valence-electron chi connectivity index (χ2n) is 11.8. The molecule has 2 aromatic carbocycles. The number of carbonyl (C=O) groups excluding carboxylic acids is 1. The maximum atomic E-state index is 12.6. The van der Waals surface area contributed by atoms with Crippen molar-refractivity contribution >= 4 is 16.9 Å². The number of hydrogen-bond acceptors (Lipinski definition) is 5. The Balaban J connectivity index is 1.41. The molecule has 4 heterocycles. The summed E-state index contributed by atoms with van der Waals surface area (Å²) >= 11 is 0. The van der Waals surface area contributed by atoms with Gasteiger partial charge in [-0.2, -0.15) is 0 Å². The SMILES string of the molecule is COC(=O)c1ccc2c(C3CCCCC3)c3n(c2c1)C[C@@H]1CCN(C)[C@@H]1c1cc(OCc2cccnc2)ccc1-3. The second-order valence-corrected chi connectivity index (χ2v) is 11.8. The van der Waals surface area contributed by atoms with E-state index in [9.17, 15) is 4.79 Å². The highest BCUT2D eigenvalue weighted by molar-refractivity contribution is 5.99. The van der Waals surface area contributed by atoms with E-state index >= 15 is 0 Å². The minimum absolute atomic E-state index is 0.278. The third-order valence-electron chi connectivity index (χ3n) is 9.45.